The molecule has 4 heteroatoms. The van der Waals surface area contributed by atoms with Crippen molar-refractivity contribution < 1.29 is 9.59 Å². The standard InChI is InChI=1S/C15H20N2O2/c1-2-3-4-8-11-17-14(18)13(16-15(17)19)12-9-6-5-7-10-12/h5-7,9-10,13H,2-4,8,11H2,1H3,(H,16,19). The summed E-state index contributed by atoms with van der Waals surface area (Å²) in [5.74, 6) is -0.132. The van der Waals surface area contributed by atoms with Crippen LogP contribution in [0, 0.1) is 0 Å². The number of nitrogens with one attached hydrogen (secondary N) is 1. The van der Waals surface area contributed by atoms with Gasteiger partial charge in [0.25, 0.3) is 5.91 Å². The molecule has 1 aromatic rings. The van der Waals surface area contributed by atoms with Crippen molar-refractivity contribution in [3.63, 3.8) is 0 Å². The molecule has 1 atom stereocenters. The van der Waals surface area contributed by atoms with Gasteiger partial charge in [0.05, 0.1) is 0 Å². The summed E-state index contributed by atoms with van der Waals surface area (Å²) in [6.45, 7) is 2.66. The van der Waals surface area contributed by atoms with Gasteiger partial charge in [0.2, 0.25) is 0 Å². The Morgan fingerprint density at radius 1 is 1.11 bits per heavy atom. The van der Waals surface area contributed by atoms with Crippen molar-refractivity contribution in [2.24, 2.45) is 0 Å². The van der Waals surface area contributed by atoms with Crippen molar-refractivity contribution in [1.29, 1.82) is 0 Å². The fourth-order valence-electron chi connectivity index (χ4n) is 2.30. The van der Waals surface area contributed by atoms with E-state index in [1.165, 1.54) is 4.90 Å². The lowest BCUT2D eigenvalue weighted by atomic mass is 10.1. The smallest absolute Gasteiger partial charge is 0.322 e. The summed E-state index contributed by atoms with van der Waals surface area (Å²) in [6, 6.07) is 8.59. The molecule has 1 aliphatic heterocycles. The molecule has 4 nitrogen and oxygen atoms in total. The van der Waals surface area contributed by atoms with Gasteiger partial charge >= 0.3 is 6.03 Å². The number of carbonyl (C=O) groups is 2. The van der Waals surface area contributed by atoms with Gasteiger partial charge in [0.1, 0.15) is 6.04 Å². The summed E-state index contributed by atoms with van der Waals surface area (Å²) in [5, 5.41) is 2.75. The largest absolute Gasteiger partial charge is 0.325 e. The molecule has 0 aliphatic carbocycles. The number of hydrogen-bond acceptors (Lipinski definition) is 2. The highest BCUT2D eigenvalue weighted by Crippen LogP contribution is 2.21. The Labute approximate surface area is 113 Å². The highest BCUT2D eigenvalue weighted by molar-refractivity contribution is 6.04. The zero-order valence-corrected chi connectivity index (χ0v) is 11.3. The first kappa shape index (κ1) is 13.6. The van der Waals surface area contributed by atoms with Crippen molar-refractivity contribution in [3.8, 4) is 0 Å². The molecule has 3 amide bonds. The van der Waals surface area contributed by atoms with Gasteiger partial charge in [-0.2, -0.15) is 0 Å². The average molecular weight is 260 g/mol. The van der Waals surface area contributed by atoms with Gasteiger partial charge in [-0.05, 0) is 12.0 Å². The van der Waals surface area contributed by atoms with Crippen LogP contribution in [0.25, 0.3) is 0 Å². The van der Waals surface area contributed by atoms with E-state index in [4.69, 9.17) is 0 Å². The van der Waals surface area contributed by atoms with Crippen molar-refractivity contribution in [2.75, 3.05) is 6.54 Å². The molecule has 0 bridgehead atoms. The summed E-state index contributed by atoms with van der Waals surface area (Å²) in [5.41, 5.74) is 0.844. The molecule has 102 valence electrons. The summed E-state index contributed by atoms with van der Waals surface area (Å²) < 4.78 is 0. The van der Waals surface area contributed by atoms with Gasteiger partial charge < -0.3 is 5.32 Å². The summed E-state index contributed by atoms with van der Waals surface area (Å²) in [6.07, 6.45) is 4.23. The van der Waals surface area contributed by atoms with Crippen LogP contribution in [-0.4, -0.2) is 23.4 Å². The molecule has 1 heterocycles. The molecule has 0 aromatic heterocycles. The Balaban J connectivity index is 1.97. The van der Waals surface area contributed by atoms with Gasteiger partial charge in [-0.1, -0.05) is 56.5 Å². The lowest BCUT2D eigenvalue weighted by molar-refractivity contribution is -0.127. The van der Waals surface area contributed by atoms with Crippen molar-refractivity contribution in [2.45, 2.75) is 38.6 Å². The molecule has 0 spiro atoms. The Morgan fingerprint density at radius 3 is 2.53 bits per heavy atom. The Kier molecular flexibility index (Phi) is 4.55. The maximum absolute atomic E-state index is 12.2. The first-order valence-electron chi connectivity index (χ1n) is 6.91. The quantitative estimate of drug-likeness (QED) is 0.631. The predicted octanol–water partition coefficient (Wildman–Crippen LogP) is 2.86. The van der Waals surface area contributed by atoms with Crippen LogP contribution in [0.5, 0.6) is 0 Å². The zero-order valence-electron chi connectivity index (χ0n) is 11.3. The van der Waals surface area contributed by atoms with Gasteiger partial charge in [0.15, 0.2) is 0 Å². The van der Waals surface area contributed by atoms with Crippen LogP contribution in [0.4, 0.5) is 4.79 Å². The molecular weight excluding hydrogens is 240 g/mol. The maximum Gasteiger partial charge on any atom is 0.325 e. The van der Waals surface area contributed by atoms with Gasteiger partial charge in [-0.3, -0.25) is 9.69 Å². The third-order valence-electron chi connectivity index (χ3n) is 3.39. The first-order chi connectivity index (χ1) is 9.24. The van der Waals surface area contributed by atoms with E-state index in [0.29, 0.717) is 6.54 Å². The van der Waals surface area contributed by atoms with E-state index in [-0.39, 0.29) is 11.9 Å². The normalized spacial score (nSPS) is 18.8. The Hall–Kier alpha value is -1.84. The molecule has 1 N–H and O–H groups in total. The second-order valence-electron chi connectivity index (χ2n) is 4.84. The summed E-state index contributed by atoms with van der Waals surface area (Å²) in [4.78, 5) is 25.4. The number of amides is 3. The van der Waals surface area contributed by atoms with E-state index in [2.05, 4.69) is 12.2 Å². The minimum atomic E-state index is -0.514. The Morgan fingerprint density at radius 2 is 1.84 bits per heavy atom. The van der Waals surface area contributed by atoms with E-state index in [9.17, 15) is 9.59 Å². The lowest BCUT2D eigenvalue weighted by Gasteiger charge is -2.12. The van der Waals surface area contributed by atoms with Crippen LogP contribution in [0.2, 0.25) is 0 Å². The molecule has 0 saturated carbocycles. The van der Waals surface area contributed by atoms with Crippen LogP contribution in [0.1, 0.15) is 44.2 Å². The van der Waals surface area contributed by atoms with Crippen LogP contribution < -0.4 is 5.32 Å². The summed E-state index contributed by atoms with van der Waals surface area (Å²) in [7, 11) is 0. The van der Waals surface area contributed by atoms with Gasteiger partial charge in [-0.15, -0.1) is 0 Å². The predicted molar refractivity (Wildman–Crippen MR) is 73.6 cm³/mol. The number of imide groups is 1. The second-order valence-corrected chi connectivity index (χ2v) is 4.84. The molecule has 1 unspecified atom stereocenters. The molecule has 1 aliphatic rings. The number of urea groups is 1. The Bertz CT molecular complexity index is 445. The molecule has 2 rings (SSSR count). The summed E-state index contributed by atoms with van der Waals surface area (Å²) >= 11 is 0. The monoisotopic (exact) mass is 260 g/mol. The van der Waals surface area contributed by atoms with Gasteiger partial charge in [0, 0.05) is 6.54 Å². The topological polar surface area (TPSA) is 49.4 Å². The molecule has 0 radical (unpaired) electrons. The van der Waals surface area contributed by atoms with E-state index in [1.54, 1.807) is 0 Å². The minimum absolute atomic E-state index is 0.132. The SMILES string of the molecule is CCCCCCN1C(=O)NC(c2ccccc2)C1=O. The second kappa shape index (κ2) is 6.36. The van der Waals surface area contributed by atoms with E-state index < -0.39 is 6.04 Å². The molecule has 19 heavy (non-hydrogen) atoms. The zero-order chi connectivity index (χ0) is 13.7. The van der Waals surface area contributed by atoms with E-state index in [1.807, 2.05) is 30.3 Å². The average Bonchev–Trinajstić information content (AvgIpc) is 2.72. The number of carbonyl (C=O) groups excluding carboxylic acids is 2. The number of rotatable bonds is 6. The highest BCUT2D eigenvalue weighted by Gasteiger charge is 2.38. The van der Waals surface area contributed by atoms with E-state index >= 15 is 0 Å². The number of benzene rings is 1. The molecule has 1 fully saturated rings. The van der Waals surface area contributed by atoms with Crippen molar-refractivity contribution in [3.05, 3.63) is 35.9 Å². The third kappa shape index (κ3) is 3.13. The lowest BCUT2D eigenvalue weighted by Crippen LogP contribution is -2.31. The van der Waals surface area contributed by atoms with Crippen molar-refractivity contribution >= 4 is 11.9 Å². The fourth-order valence-corrected chi connectivity index (χ4v) is 2.30. The molecule has 1 aromatic carbocycles. The first-order valence-corrected chi connectivity index (χ1v) is 6.91. The molecular formula is C15H20N2O2. The fraction of sp³-hybridized carbons (Fsp3) is 0.467. The maximum atomic E-state index is 12.2. The number of unbranched alkanes of at least 4 members (excludes halogenated alkanes) is 3. The van der Waals surface area contributed by atoms with Crippen LogP contribution in [0.3, 0.4) is 0 Å². The number of nitrogens with zero attached hydrogens (tertiary/aromatic N) is 1. The third-order valence-corrected chi connectivity index (χ3v) is 3.39. The van der Waals surface area contributed by atoms with Crippen LogP contribution in [0.15, 0.2) is 30.3 Å². The number of hydrogen-bond donors (Lipinski definition) is 1. The minimum Gasteiger partial charge on any atom is -0.322 e. The van der Waals surface area contributed by atoms with Crippen LogP contribution >= 0.6 is 0 Å². The van der Waals surface area contributed by atoms with Gasteiger partial charge in [-0.25, -0.2) is 4.79 Å². The molecule has 1 saturated heterocycles. The van der Waals surface area contributed by atoms with Crippen LogP contribution in [-0.2, 0) is 4.79 Å². The highest BCUT2D eigenvalue weighted by atomic mass is 16.2. The van der Waals surface area contributed by atoms with Crippen molar-refractivity contribution in [1.82, 2.24) is 10.2 Å². The van der Waals surface area contributed by atoms with E-state index in [0.717, 1.165) is 31.2 Å².